The maximum absolute atomic E-state index is 5.62. The number of rotatable bonds is 9. The molecule has 1 rings (SSSR count). The van der Waals surface area contributed by atoms with Crippen LogP contribution in [0.25, 0.3) is 0 Å². The molecule has 0 aliphatic carbocycles. The van der Waals surface area contributed by atoms with Crippen molar-refractivity contribution in [1.82, 2.24) is 5.32 Å². The molecule has 0 saturated heterocycles. The predicted molar refractivity (Wildman–Crippen MR) is 79.6 cm³/mol. The van der Waals surface area contributed by atoms with E-state index in [9.17, 15) is 0 Å². The normalized spacial score (nSPS) is 11.3. The lowest BCUT2D eigenvalue weighted by Gasteiger charge is -2.10. The first kappa shape index (κ1) is 16.0. The summed E-state index contributed by atoms with van der Waals surface area (Å²) < 4.78 is 11.1. The minimum atomic E-state index is 0.508. The molecule has 0 aliphatic heterocycles. The zero-order chi connectivity index (χ0) is 14.1. The van der Waals surface area contributed by atoms with Gasteiger partial charge in [-0.1, -0.05) is 39.8 Å². The van der Waals surface area contributed by atoms with Gasteiger partial charge in [0.25, 0.3) is 0 Å². The summed E-state index contributed by atoms with van der Waals surface area (Å²) >= 11 is 0. The summed E-state index contributed by atoms with van der Waals surface area (Å²) in [6.45, 7) is 11.5. The van der Waals surface area contributed by atoms with Gasteiger partial charge in [-0.2, -0.15) is 0 Å². The second-order valence-electron chi connectivity index (χ2n) is 5.50. The maximum atomic E-state index is 5.62. The third-order valence-electron chi connectivity index (χ3n) is 2.59. The fraction of sp³-hybridized carbons (Fsp3) is 0.625. The molecular formula is C16H27NO2. The van der Waals surface area contributed by atoms with Crippen LogP contribution in [0.5, 0.6) is 5.75 Å². The highest BCUT2D eigenvalue weighted by atomic mass is 16.5. The van der Waals surface area contributed by atoms with Crippen molar-refractivity contribution in [2.24, 2.45) is 5.92 Å². The van der Waals surface area contributed by atoms with Crippen LogP contribution in [0.4, 0.5) is 0 Å². The van der Waals surface area contributed by atoms with Crippen molar-refractivity contribution in [3.8, 4) is 5.75 Å². The smallest absolute Gasteiger partial charge is 0.119 e. The Labute approximate surface area is 117 Å². The summed E-state index contributed by atoms with van der Waals surface area (Å²) in [5.41, 5.74) is 1.28. The summed E-state index contributed by atoms with van der Waals surface area (Å²) in [7, 11) is 0. The van der Waals surface area contributed by atoms with Crippen LogP contribution >= 0.6 is 0 Å². The molecule has 0 unspecified atom stereocenters. The van der Waals surface area contributed by atoms with Gasteiger partial charge in [0.2, 0.25) is 0 Å². The molecule has 0 atom stereocenters. The first-order valence-electron chi connectivity index (χ1n) is 7.10. The van der Waals surface area contributed by atoms with Crippen LogP contribution in [0.3, 0.4) is 0 Å². The first-order chi connectivity index (χ1) is 9.08. The predicted octanol–water partition coefficient (Wildman–Crippen LogP) is 3.24. The number of hydrogen-bond donors (Lipinski definition) is 1. The minimum Gasteiger partial charge on any atom is -0.491 e. The molecule has 0 amide bonds. The Morgan fingerprint density at radius 1 is 1.00 bits per heavy atom. The molecule has 0 saturated carbocycles. The molecule has 0 heterocycles. The van der Waals surface area contributed by atoms with E-state index in [-0.39, 0.29) is 0 Å². The zero-order valence-electron chi connectivity index (χ0n) is 12.6. The second kappa shape index (κ2) is 8.94. The van der Waals surface area contributed by atoms with Gasteiger partial charge in [-0.25, -0.2) is 0 Å². The molecule has 0 bridgehead atoms. The van der Waals surface area contributed by atoms with Gasteiger partial charge in [0, 0.05) is 19.2 Å². The zero-order valence-corrected chi connectivity index (χ0v) is 12.6. The lowest BCUT2D eigenvalue weighted by atomic mass is 10.2. The van der Waals surface area contributed by atoms with Crippen molar-refractivity contribution in [2.75, 3.05) is 19.8 Å². The van der Waals surface area contributed by atoms with Crippen molar-refractivity contribution >= 4 is 0 Å². The van der Waals surface area contributed by atoms with E-state index in [1.807, 2.05) is 12.1 Å². The summed E-state index contributed by atoms with van der Waals surface area (Å²) in [6, 6.07) is 8.73. The molecule has 1 aromatic carbocycles. The van der Waals surface area contributed by atoms with Crippen molar-refractivity contribution < 1.29 is 9.47 Å². The van der Waals surface area contributed by atoms with E-state index < -0.39 is 0 Å². The Balaban J connectivity index is 2.20. The van der Waals surface area contributed by atoms with E-state index in [1.165, 1.54) is 5.56 Å². The van der Waals surface area contributed by atoms with Crippen molar-refractivity contribution in [3.63, 3.8) is 0 Å². The average molecular weight is 265 g/mol. The molecular weight excluding hydrogens is 238 g/mol. The molecule has 0 fully saturated rings. The number of ether oxygens (including phenoxy) is 2. The van der Waals surface area contributed by atoms with E-state index >= 15 is 0 Å². The summed E-state index contributed by atoms with van der Waals surface area (Å²) in [5, 5.41) is 3.39. The summed E-state index contributed by atoms with van der Waals surface area (Å²) in [4.78, 5) is 0. The molecule has 3 nitrogen and oxygen atoms in total. The number of hydrogen-bond acceptors (Lipinski definition) is 3. The number of nitrogens with one attached hydrogen (secondary N) is 1. The minimum absolute atomic E-state index is 0.508. The fourth-order valence-corrected chi connectivity index (χ4v) is 1.56. The lowest BCUT2D eigenvalue weighted by Crippen LogP contribution is -2.21. The highest BCUT2D eigenvalue weighted by molar-refractivity contribution is 5.27. The van der Waals surface area contributed by atoms with Gasteiger partial charge in [-0.3, -0.25) is 0 Å². The Morgan fingerprint density at radius 3 is 2.26 bits per heavy atom. The first-order valence-corrected chi connectivity index (χ1v) is 7.10. The van der Waals surface area contributed by atoms with Gasteiger partial charge in [-0.15, -0.1) is 0 Å². The molecule has 3 heteroatoms. The van der Waals surface area contributed by atoms with Crippen molar-refractivity contribution in [3.05, 3.63) is 29.8 Å². The molecule has 108 valence electrons. The third kappa shape index (κ3) is 7.85. The molecule has 0 aliphatic rings. The molecule has 1 N–H and O–H groups in total. The van der Waals surface area contributed by atoms with Crippen molar-refractivity contribution in [2.45, 2.75) is 40.3 Å². The molecule has 1 aromatic rings. The van der Waals surface area contributed by atoms with Crippen molar-refractivity contribution in [1.29, 1.82) is 0 Å². The van der Waals surface area contributed by atoms with Crippen LogP contribution in [-0.2, 0) is 11.3 Å². The largest absolute Gasteiger partial charge is 0.491 e. The van der Waals surface area contributed by atoms with E-state index in [1.54, 1.807) is 0 Å². The average Bonchev–Trinajstić information content (AvgIpc) is 2.37. The quantitative estimate of drug-likeness (QED) is 0.695. The fourth-order valence-electron chi connectivity index (χ4n) is 1.56. The maximum Gasteiger partial charge on any atom is 0.119 e. The van der Waals surface area contributed by atoms with Gasteiger partial charge < -0.3 is 14.8 Å². The lowest BCUT2D eigenvalue weighted by molar-refractivity contribution is 0.0819. The van der Waals surface area contributed by atoms with Crippen LogP contribution < -0.4 is 10.1 Å². The van der Waals surface area contributed by atoms with Crippen LogP contribution in [0.1, 0.15) is 33.3 Å². The highest BCUT2D eigenvalue weighted by Gasteiger charge is 1.98. The van der Waals surface area contributed by atoms with Crippen LogP contribution in [0.2, 0.25) is 0 Å². The Morgan fingerprint density at radius 2 is 1.68 bits per heavy atom. The Hall–Kier alpha value is -1.06. The SMILES string of the molecule is CC(C)COCCOc1ccc(CNC(C)C)cc1. The van der Waals surface area contributed by atoms with Crippen LogP contribution in [0.15, 0.2) is 24.3 Å². The monoisotopic (exact) mass is 265 g/mol. The molecule has 0 spiro atoms. The molecule has 0 aromatic heterocycles. The number of benzene rings is 1. The van der Waals surface area contributed by atoms with E-state index in [0.29, 0.717) is 25.2 Å². The Kier molecular flexibility index (Phi) is 7.53. The van der Waals surface area contributed by atoms with Gasteiger partial charge >= 0.3 is 0 Å². The standard InChI is InChI=1S/C16H27NO2/c1-13(2)12-18-9-10-19-16-7-5-15(6-8-16)11-17-14(3)4/h5-8,13-14,17H,9-12H2,1-4H3. The summed E-state index contributed by atoms with van der Waals surface area (Å²) in [6.07, 6.45) is 0. The van der Waals surface area contributed by atoms with Crippen LogP contribution in [-0.4, -0.2) is 25.9 Å². The van der Waals surface area contributed by atoms with Gasteiger partial charge in [0.1, 0.15) is 12.4 Å². The third-order valence-corrected chi connectivity index (χ3v) is 2.59. The second-order valence-corrected chi connectivity index (χ2v) is 5.50. The van der Waals surface area contributed by atoms with Gasteiger partial charge in [0.05, 0.1) is 6.61 Å². The van der Waals surface area contributed by atoms with E-state index in [0.717, 1.165) is 18.9 Å². The van der Waals surface area contributed by atoms with Gasteiger partial charge in [0.15, 0.2) is 0 Å². The molecule has 0 radical (unpaired) electrons. The van der Waals surface area contributed by atoms with E-state index in [2.05, 4.69) is 45.1 Å². The van der Waals surface area contributed by atoms with Crippen LogP contribution in [0, 0.1) is 5.92 Å². The Bertz CT molecular complexity index is 333. The summed E-state index contributed by atoms with van der Waals surface area (Å²) in [5.74, 6) is 1.48. The van der Waals surface area contributed by atoms with Gasteiger partial charge in [-0.05, 0) is 23.6 Å². The highest BCUT2D eigenvalue weighted by Crippen LogP contribution is 2.12. The molecule has 19 heavy (non-hydrogen) atoms. The topological polar surface area (TPSA) is 30.5 Å². The van der Waals surface area contributed by atoms with E-state index in [4.69, 9.17) is 9.47 Å².